The smallest absolute Gasteiger partial charge is 0.432 e. The summed E-state index contributed by atoms with van der Waals surface area (Å²) in [4.78, 5) is 12.9. The molecule has 0 spiro atoms. The molecule has 0 radical (unpaired) electrons. The third-order valence-corrected chi connectivity index (χ3v) is 32.3. The molecule has 1 N–H and O–H groups in total. The summed E-state index contributed by atoms with van der Waals surface area (Å²) in [6.45, 7) is 28.5. The molecule has 0 bridgehead atoms. The minimum Gasteiger partial charge on any atom is -0.432 e. The molecule has 0 rings (SSSR count). The normalized spacial score (nSPS) is 14.7. The molecule has 0 aliphatic heterocycles. The van der Waals surface area contributed by atoms with E-state index in [1.54, 1.807) is 0 Å². The standard InChI is InChI=1S/C28H68O13Si5/c1-15-30-43(31-16-2,32-17-3)27(42(13,14)29)28(44(33-18-4,34-19-5)35-20-6,45(36-21-7,37-22-8)38-23-9)46(39-24-10,40-25-11)41-26-12/h27,29H,15-26H2,1-14H3. The van der Waals surface area contributed by atoms with Crippen LogP contribution in [-0.2, 0) is 53.1 Å². The van der Waals surface area contributed by atoms with Gasteiger partial charge < -0.3 is 57.9 Å². The lowest BCUT2D eigenvalue weighted by Crippen LogP contribution is -2.87. The lowest BCUT2D eigenvalue weighted by molar-refractivity contribution is -0.0194. The Morgan fingerprint density at radius 2 is 0.543 bits per heavy atom. The van der Waals surface area contributed by atoms with Gasteiger partial charge in [0, 0.05) is 79.3 Å². The van der Waals surface area contributed by atoms with Crippen LogP contribution >= 0.6 is 0 Å². The average Bonchev–Trinajstić information content (AvgIpc) is 2.96. The molecule has 0 heterocycles. The van der Waals surface area contributed by atoms with Crippen molar-refractivity contribution in [3.63, 3.8) is 0 Å². The number of rotatable bonds is 30. The second-order valence-electron chi connectivity index (χ2n) is 10.4. The minimum absolute atomic E-state index is 0.185. The fourth-order valence-corrected chi connectivity index (χ4v) is 37.8. The highest BCUT2D eigenvalue weighted by atomic mass is 28.5. The van der Waals surface area contributed by atoms with Crippen molar-refractivity contribution in [3.05, 3.63) is 0 Å². The van der Waals surface area contributed by atoms with Gasteiger partial charge in [-0.2, -0.15) is 0 Å². The van der Waals surface area contributed by atoms with Crippen LogP contribution in [-0.4, -0.2) is 128 Å². The summed E-state index contributed by atoms with van der Waals surface area (Å²) in [6.07, 6.45) is 0. The molecular weight excluding hydrogens is 685 g/mol. The Labute approximate surface area is 285 Å². The zero-order valence-corrected chi connectivity index (χ0v) is 36.4. The predicted molar refractivity (Wildman–Crippen MR) is 189 cm³/mol. The van der Waals surface area contributed by atoms with Gasteiger partial charge in [0.2, 0.25) is 0 Å². The van der Waals surface area contributed by atoms with Gasteiger partial charge in [0.05, 0.1) is 5.16 Å². The highest BCUT2D eigenvalue weighted by Gasteiger charge is 2.96. The molecule has 18 heteroatoms. The van der Waals surface area contributed by atoms with E-state index >= 15 is 0 Å². The third-order valence-electron chi connectivity index (χ3n) is 6.99. The van der Waals surface area contributed by atoms with E-state index in [9.17, 15) is 4.80 Å². The molecule has 278 valence electrons. The average molecular weight is 753 g/mol. The zero-order valence-electron chi connectivity index (χ0n) is 31.4. The second kappa shape index (κ2) is 22.4. The van der Waals surface area contributed by atoms with Crippen molar-refractivity contribution < 1.29 is 57.9 Å². The van der Waals surface area contributed by atoms with Crippen molar-refractivity contribution in [3.8, 4) is 0 Å². The Hall–Kier alpha value is 0.564. The van der Waals surface area contributed by atoms with E-state index in [1.165, 1.54) is 0 Å². The second-order valence-corrected chi connectivity index (χ2v) is 27.3. The first-order chi connectivity index (χ1) is 21.8. The van der Waals surface area contributed by atoms with Gasteiger partial charge in [-0.25, -0.2) is 0 Å². The highest BCUT2D eigenvalue weighted by molar-refractivity contribution is 7.08. The number of hydrogen-bond acceptors (Lipinski definition) is 13. The Balaban J connectivity index is 9.82. The summed E-state index contributed by atoms with van der Waals surface area (Å²) in [5.74, 6) is 0. The molecule has 0 aromatic heterocycles. The van der Waals surface area contributed by atoms with Crippen LogP contribution in [0.15, 0.2) is 0 Å². The SMILES string of the molecule is CCO[Si](OCC)(OCC)C(C([Si](OCC)(OCC)OCC)([Si](OCC)(OCC)OCC)[Si](OCC)(OCC)OCC)[Si](C)(C)O. The van der Waals surface area contributed by atoms with Crippen molar-refractivity contribution in [1.29, 1.82) is 0 Å². The first kappa shape index (κ1) is 46.6. The van der Waals surface area contributed by atoms with Crippen molar-refractivity contribution in [1.82, 2.24) is 0 Å². The lowest BCUT2D eigenvalue weighted by atomic mass is 10.8. The monoisotopic (exact) mass is 752 g/mol. The van der Waals surface area contributed by atoms with Gasteiger partial charge >= 0.3 is 35.2 Å². The van der Waals surface area contributed by atoms with E-state index < -0.39 is 53.0 Å². The molecular formula is C28H68O13Si5. The highest BCUT2D eigenvalue weighted by Crippen LogP contribution is 2.68. The molecule has 0 aromatic rings. The van der Waals surface area contributed by atoms with Crippen LogP contribution in [0.2, 0.25) is 22.5 Å². The molecule has 13 nitrogen and oxygen atoms in total. The topological polar surface area (TPSA) is 131 Å². The Bertz CT molecular complexity index is 661. The Kier molecular flexibility index (Phi) is 22.7. The van der Waals surface area contributed by atoms with Crippen molar-refractivity contribution in [2.75, 3.05) is 79.3 Å². The largest absolute Gasteiger partial charge is 0.516 e. The van der Waals surface area contributed by atoms with Gasteiger partial charge in [-0.05, 0) is 96.2 Å². The molecule has 0 fully saturated rings. The maximum atomic E-state index is 12.9. The van der Waals surface area contributed by atoms with Crippen LogP contribution < -0.4 is 0 Å². The third kappa shape index (κ3) is 9.66. The first-order valence-corrected chi connectivity index (χ1v) is 27.2. The first-order valence-electron chi connectivity index (χ1n) is 17.2. The van der Waals surface area contributed by atoms with Gasteiger partial charge in [0.25, 0.3) is 0 Å². The fourth-order valence-electron chi connectivity index (χ4n) is 6.41. The van der Waals surface area contributed by atoms with E-state index in [1.807, 2.05) is 96.2 Å². The van der Waals surface area contributed by atoms with Crippen LogP contribution in [0, 0.1) is 0 Å². The van der Waals surface area contributed by atoms with Gasteiger partial charge in [0.1, 0.15) is 0 Å². The van der Waals surface area contributed by atoms with Gasteiger partial charge in [-0.1, -0.05) is 0 Å². The molecule has 0 aliphatic carbocycles. The van der Waals surface area contributed by atoms with E-state index in [2.05, 4.69) is 0 Å². The zero-order chi connectivity index (χ0) is 35.5. The van der Waals surface area contributed by atoms with E-state index in [0.717, 1.165) is 0 Å². The summed E-state index contributed by atoms with van der Waals surface area (Å²) in [5.41, 5.74) is 0. The molecule has 0 amide bonds. The lowest BCUT2D eigenvalue weighted by Gasteiger charge is -2.61. The fraction of sp³-hybridized carbons (Fsp3) is 1.00. The van der Waals surface area contributed by atoms with Crippen LogP contribution in [0.1, 0.15) is 83.1 Å². The van der Waals surface area contributed by atoms with Gasteiger partial charge in [0.15, 0.2) is 12.6 Å². The summed E-state index contributed by atoms with van der Waals surface area (Å²) in [6, 6.07) is 0. The molecule has 46 heavy (non-hydrogen) atoms. The van der Waals surface area contributed by atoms with Crippen molar-refractivity contribution in [2.24, 2.45) is 0 Å². The van der Waals surface area contributed by atoms with Gasteiger partial charge in [-0.3, -0.25) is 0 Å². The number of hydrogen-bond donors (Lipinski definition) is 1. The minimum atomic E-state index is -4.40. The summed E-state index contributed by atoms with van der Waals surface area (Å²) in [5, 5.41) is -1.06. The van der Waals surface area contributed by atoms with Crippen LogP contribution in [0.4, 0.5) is 0 Å². The van der Waals surface area contributed by atoms with Crippen LogP contribution in [0.5, 0.6) is 0 Å². The molecule has 0 aliphatic rings. The quantitative estimate of drug-likeness (QED) is 0.0978. The molecule has 0 saturated heterocycles. The molecule has 1 atom stereocenters. The molecule has 1 unspecified atom stereocenters. The van der Waals surface area contributed by atoms with E-state index in [4.69, 9.17) is 53.1 Å². The van der Waals surface area contributed by atoms with Crippen molar-refractivity contribution >= 4 is 43.5 Å². The van der Waals surface area contributed by atoms with Crippen LogP contribution in [0.25, 0.3) is 0 Å². The predicted octanol–water partition coefficient (Wildman–Crippen LogP) is 5.11. The van der Waals surface area contributed by atoms with E-state index in [-0.39, 0.29) is 79.3 Å². The molecule has 0 aromatic carbocycles. The Morgan fingerprint density at radius 3 is 0.674 bits per heavy atom. The summed E-state index contributed by atoms with van der Waals surface area (Å²) < 4.78 is 80.7. The maximum absolute atomic E-state index is 12.9. The van der Waals surface area contributed by atoms with E-state index in [0.29, 0.717) is 0 Å². The van der Waals surface area contributed by atoms with Gasteiger partial charge in [-0.15, -0.1) is 0 Å². The van der Waals surface area contributed by atoms with Crippen molar-refractivity contribution in [2.45, 2.75) is 106 Å². The maximum Gasteiger partial charge on any atom is 0.516 e. The Morgan fingerprint density at radius 1 is 0.370 bits per heavy atom. The molecule has 0 saturated carbocycles. The summed E-state index contributed by atoms with van der Waals surface area (Å²) >= 11 is 0. The van der Waals surface area contributed by atoms with Crippen LogP contribution in [0.3, 0.4) is 0 Å². The summed E-state index contributed by atoms with van der Waals surface area (Å²) in [7, 11) is -21.0.